The van der Waals surface area contributed by atoms with Crippen molar-refractivity contribution in [2.45, 2.75) is 6.92 Å². The maximum absolute atomic E-state index is 13.0. The topological polar surface area (TPSA) is 34.2 Å². The van der Waals surface area contributed by atoms with Crippen LogP contribution in [0.25, 0.3) is 0 Å². The fourth-order valence-electron chi connectivity index (χ4n) is 1.47. The maximum Gasteiger partial charge on any atom is 0.240 e. The molecule has 0 aliphatic heterocycles. The number of nitrogens with zero attached hydrogens (tertiary/aromatic N) is 1. The van der Waals surface area contributed by atoms with E-state index in [0.29, 0.717) is 17.4 Å². The van der Waals surface area contributed by atoms with Crippen molar-refractivity contribution in [1.29, 1.82) is 0 Å². The van der Waals surface area contributed by atoms with E-state index in [1.165, 1.54) is 18.2 Å². The molecule has 20 heavy (non-hydrogen) atoms. The van der Waals surface area contributed by atoms with Crippen LogP contribution in [0.4, 0.5) is 10.2 Å². The van der Waals surface area contributed by atoms with E-state index in [0.717, 1.165) is 6.07 Å². The van der Waals surface area contributed by atoms with E-state index in [1.807, 2.05) is 6.92 Å². The summed E-state index contributed by atoms with van der Waals surface area (Å²) in [6, 6.07) is 5.29. The summed E-state index contributed by atoms with van der Waals surface area (Å²) >= 11 is 17.9. The minimum atomic E-state index is -0.453. The van der Waals surface area contributed by atoms with Crippen LogP contribution in [0, 0.1) is 5.82 Å². The predicted molar refractivity (Wildman–Crippen MR) is 79.9 cm³/mol. The molecule has 0 fully saturated rings. The van der Waals surface area contributed by atoms with Gasteiger partial charge >= 0.3 is 0 Å². The molecule has 0 bridgehead atoms. The third kappa shape index (κ3) is 3.45. The molecule has 0 aliphatic carbocycles. The summed E-state index contributed by atoms with van der Waals surface area (Å²) in [5, 5.41) is 3.72. The molecular formula is C13H10Cl3FN2O. The fraction of sp³-hybridized carbons (Fsp3) is 0.154. The summed E-state index contributed by atoms with van der Waals surface area (Å²) in [4.78, 5) is 4.17. The van der Waals surface area contributed by atoms with Gasteiger partial charge in [-0.05, 0) is 31.2 Å². The number of rotatable bonds is 4. The first-order chi connectivity index (χ1) is 9.51. The standard InChI is InChI=1S/C13H10Cl3FN2O/c1-2-18-12-9(15)6-10(16)13(19-12)20-11-4-3-7(17)5-8(11)14/h3-6H,2H2,1H3,(H,18,19). The highest BCUT2D eigenvalue weighted by Gasteiger charge is 2.13. The van der Waals surface area contributed by atoms with Gasteiger partial charge in [0.2, 0.25) is 5.88 Å². The zero-order valence-corrected chi connectivity index (χ0v) is 12.7. The second-order valence-electron chi connectivity index (χ2n) is 3.81. The third-order valence-electron chi connectivity index (χ3n) is 2.34. The SMILES string of the molecule is CCNc1nc(Oc2ccc(F)cc2Cl)c(Cl)cc1Cl. The van der Waals surface area contributed by atoms with Crippen LogP contribution in [-0.4, -0.2) is 11.5 Å². The summed E-state index contributed by atoms with van der Waals surface area (Å²) in [6.45, 7) is 2.55. The van der Waals surface area contributed by atoms with Crippen molar-refractivity contribution in [2.24, 2.45) is 0 Å². The molecule has 1 heterocycles. The van der Waals surface area contributed by atoms with Crippen molar-refractivity contribution < 1.29 is 9.13 Å². The van der Waals surface area contributed by atoms with Gasteiger partial charge in [0.25, 0.3) is 0 Å². The van der Waals surface area contributed by atoms with Gasteiger partial charge in [-0.15, -0.1) is 0 Å². The zero-order valence-electron chi connectivity index (χ0n) is 10.4. The van der Waals surface area contributed by atoms with Crippen LogP contribution in [0.5, 0.6) is 11.6 Å². The zero-order chi connectivity index (χ0) is 14.7. The van der Waals surface area contributed by atoms with Gasteiger partial charge in [0.05, 0.1) is 10.0 Å². The van der Waals surface area contributed by atoms with Crippen LogP contribution in [0.3, 0.4) is 0 Å². The van der Waals surface area contributed by atoms with Crippen molar-refractivity contribution in [2.75, 3.05) is 11.9 Å². The van der Waals surface area contributed by atoms with E-state index in [-0.39, 0.29) is 21.7 Å². The van der Waals surface area contributed by atoms with Gasteiger partial charge in [0.1, 0.15) is 22.4 Å². The Morgan fingerprint density at radius 2 is 1.90 bits per heavy atom. The second-order valence-corrected chi connectivity index (χ2v) is 5.03. The van der Waals surface area contributed by atoms with Gasteiger partial charge in [-0.1, -0.05) is 34.8 Å². The quantitative estimate of drug-likeness (QED) is 0.811. The van der Waals surface area contributed by atoms with Crippen LogP contribution >= 0.6 is 34.8 Å². The number of hydrogen-bond acceptors (Lipinski definition) is 3. The van der Waals surface area contributed by atoms with Crippen molar-refractivity contribution in [3.05, 3.63) is 45.2 Å². The minimum Gasteiger partial charge on any atom is -0.436 e. The molecule has 1 N–H and O–H groups in total. The number of aromatic nitrogens is 1. The predicted octanol–water partition coefficient (Wildman–Crippen LogP) is 5.41. The smallest absolute Gasteiger partial charge is 0.240 e. The van der Waals surface area contributed by atoms with Crippen molar-refractivity contribution in [1.82, 2.24) is 4.98 Å². The van der Waals surface area contributed by atoms with E-state index in [1.54, 1.807) is 0 Å². The highest BCUT2D eigenvalue weighted by atomic mass is 35.5. The first-order valence-corrected chi connectivity index (χ1v) is 6.87. The van der Waals surface area contributed by atoms with Gasteiger partial charge in [0, 0.05) is 6.54 Å². The molecule has 0 amide bonds. The van der Waals surface area contributed by atoms with E-state index in [9.17, 15) is 4.39 Å². The lowest BCUT2D eigenvalue weighted by molar-refractivity contribution is 0.462. The van der Waals surface area contributed by atoms with Gasteiger partial charge in [-0.2, -0.15) is 4.98 Å². The second kappa shape index (κ2) is 6.48. The number of benzene rings is 1. The van der Waals surface area contributed by atoms with Crippen LogP contribution < -0.4 is 10.1 Å². The molecule has 0 spiro atoms. The van der Waals surface area contributed by atoms with Crippen molar-refractivity contribution in [3.63, 3.8) is 0 Å². The molecule has 0 unspecified atom stereocenters. The summed E-state index contributed by atoms with van der Waals surface area (Å²) < 4.78 is 18.5. The van der Waals surface area contributed by atoms with Crippen molar-refractivity contribution in [3.8, 4) is 11.6 Å². The molecule has 106 valence electrons. The Morgan fingerprint density at radius 3 is 2.55 bits per heavy atom. The molecule has 2 aromatic rings. The van der Waals surface area contributed by atoms with E-state index in [4.69, 9.17) is 39.5 Å². The number of nitrogens with one attached hydrogen (secondary N) is 1. The molecule has 0 aliphatic rings. The lowest BCUT2D eigenvalue weighted by atomic mass is 10.3. The fourth-order valence-corrected chi connectivity index (χ4v) is 2.14. The monoisotopic (exact) mass is 334 g/mol. The van der Waals surface area contributed by atoms with Gasteiger partial charge in [-0.25, -0.2) is 4.39 Å². The molecule has 3 nitrogen and oxygen atoms in total. The maximum atomic E-state index is 13.0. The Balaban J connectivity index is 2.35. The molecule has 1 aromatic carbocycles. The average molecular weight is 336 g/mol. The third-order valence-corrected chi connectivity index (χ3v) is 3.20. The number of anilines is 1. The van der Waals surface area contributed by atoms with Crippen LogP contribution in [-0.2, 0) is 0 Å². The Morgan fingerprint density at radius 1 is 1.15 bits per heavy atom. The lowest BCUT2D eigenvalue weighted by Crippen LogP contribution is -2.01. The molecule has 2 rings (SSSR count). The summed E-state index contributed by atoms with van der Waals surface area (Å²) in [5.41, 5.74) is 0. The largest absolute Gasteiger partial charge is 0.436 e. The Kier molecular flexibility index (Phi) is 4.91. The first kappa shape index (κ1) is 15.2. The number of hydrogen-bond donors (Lipinski definition) is 1. The van der Waals surface area contributed by atoms with Crippen LogP contribution in [0.15, 0.2) is 24.3 Å². The van der Waals surface area contributed by atoms with Gasteiger partial charge < -0.3 is 10.1 Å². The first-order valence-electron chi connectivity index (χ1n) is 5.74. The van der Waals surface area contributed by atoms with Crippen LogP contribution in [0.1, 0.15) is 6.92 Å². The Hall–Kier alpha value is -1.23. The molecule has 7 heteroatoms. The number of ether oxygens (including phenoxy) is 1. The highest BCUT2D eigenvalue weighted by molar-refractivity contribution is 6.36. The number of pyridine rings is 1. The highest BCUT2D eigenvalue weighted by Crippen LogP contribution is 2.36. The molecular weight excluding hydrogens is 326 g/mol. The Bertz CT molecular complexity index is 637. The van der Waals surface area contributed by atoms with Gasteiger partial charge in [0.15, 0.2) is 0 Å². The van der Waals surface area contributed by atoms with E-state index < -0.39 is 5.82 Å². The van der Waals surface area contributed by atoms with Gasteiger partial charge in [-0.3, -0.25) is 0 Å². The van der Waals surface area contributed by atoms with E-state index in [2.05, 4.69) is 10.3 Å². The van der Waals surface area contributed by atoms with Crippen molar-refractivity contribution >= 4 is 40.6 Å². The molecule has 0 saturated heterocycles. The van der Waals surface area contributed by atoms with E-state index >= 15 is 0 Å². The molecule has 0 saturated carbocycles. The lowest BCUT2D eigenvalue weighted by Gasteiger charge is -2.11. The summed E-state index contributed by atoms with van der Waals surface area (Å²) in [7, 11) is 0. The Labute approximate surface area is 130 Å². The normalized spacial score (nSPS) is 10.4. The molecule has 0 radical (unpaired) electrons. The minimum absolute atomic E-state index is 0.128. The summed E-state index contributed by atoms with van der Waals surface area (Å²) in [5.74, 6) is 0.394. The summed E-state index contributed by atoms with van der Waals surface area (Å²) in [6.07, 6.45) is 0. The van der Waals surface area contributed by atoms with Crippen LogP contribution in [0.2, 0.25) is 15.1 Å². The molecule has 0 atom stereocenters. The average Bonchev–Trinajstić information content (AvgIpc) is 2.38. The number of halogens is 4. The molecule has 1 aromatic heterocycles.